The first kappa shape index (κ1) is 7.51. The summed E-state index contributed by atoms with van der Waals surface area (Å²) in [7, 11) is 0. The largest absolute Gasteiger partial charge is 0.350 e. The Labute approximate surface area is 63.7 Å². The molecule has 9 heavy (non-hydrogen) atoms. The lowest BCUT2D eigenvalue weighted by molar-refractivity contribution is -0.0716. The summed E-state index contributed by atoms with van der Waals surface area (Å²) in [6.07, 6.45) is 0.0318. The first-order chi connectivity index (χ1) is 4.34. The van der Waals surface area contributed by atoms with Gasteiger partial charge >= 0.3 is 0 Å². The molecule has 1 aliphatic rings. The van der Waals surface area contributed by atoms with Gasteiger partial charge < -0.3 is 9.47 Å². The molecule has 0 radical (unpaired) electrons. The number of ether oxygens (including phenoxy) is 2. The third kappa shape index (κ3) is 1.92. The van der Waals surface area contributed by atoms with Crippen molar-refractivity contribution < 1.29 is 9.47 Å². The van der Waals surface area contributed by atoms with Crippen LogP contribution in [0.1, 0.15) is 6.92 Å². The highest BCUT2D eigenvalue weighted by Gasteiger charge is 2.21. The first-order valence-electron chi connectivity index (χ1n) is 3.13. The molecule has 1 aliphatic heterocycles. The lowest BCUT2D eigenvalue weighted by Gasteiger charge is -2.13. The van der Waals surface area contributed by atoms with Crippen LogP contribution in [-0.2, 0) is 9.47 Å². The SMILES string of the molecule is C[C@H](CBr)C1OCCO1. The van der Waals surface area contributed by atoms with Crippen molar-refractivity contribution in [2.75, 3.05) is 18.5 Å². The molecule has 1 atom stereocenters. The zero-order valence-electron chi connectivity index (χ0n) is 5.47. The maximum atomic E-state index is 5.25. The number of halogens is 1. The van der Waals surface area contributed by atoms with Crippen LogP contribution in [0.3, 0.4) is 0 Å². The van der Waals surface area contributed by atoms with Crippen LogP contribution >= 0.6 is 15.9 Å². The smallest absolute Gasteiger partial charge is 0.161 e. The van der Waals surface area contributed by atoms with Gasteiger partial charge in [-0.2, -0.15) is 0 Å². The summed E-state index contributed by atoms with van der Waals surface area (Å²) in [5.74, 6) is 0.465. The van der Waals surface area contributed by atoms with Crippen molar-refractivity contribution in [3.63, 3.8) is 0 Å². The van der Waals surface area contributed by atoms with Crippen molar-refractivity contribution in [2.24, 2.45) is 5.92 Å². The molecule has 0 aromatic rings. The quantitative estimate of drug-likeness (QED) is 0.620. The second kappa shape index (κ2) is 3.54. The Balaban J connectivity index is 2.24. The van der Waals surface area contributed by atoms with Gasteiger partial charge in [0.15, 0.2) is 6.29 Å². The molecule has 2 nitrogen and oxygen atoms in total. The van der Waals surface area contributed by atoms with E-state index >= 15 is 0 Å². The average molecular weight is 195 g/mol. The summed E-state index contributed by atoms with van der Waals surface area (Å²) in [5.41, 5.74) is 0. The molecule has 1 heterocycles. The molecule has 0 amide bonds. The highest BCUT2D eigenvalue weighted by Crippen LogP contribution is 2.15. The van der Waals surface area contributed by atoms with Gasteiger partial charge in [-0.15, -0.1) is 0 Å². The molecule has 0 aromatic carbocycles. The lowest BCUT2D eigenvalue weighted by Crippen LogP contribution is -2.19. The summed E-state index contributed by atoms with van der Waals surface area (Å²) in [4.78, 5) is 0. The van der Waals surface area contributed by atoms with Gasteiger partial charge in [0, 0.05) is 11.2 Å². The first-order valence-corrected chi connectivity index (χ1v) is 4.26. The lowest BCUT2D eigenvalue weighted by atomic mass is 10.2. The molecule has 54 valence electrons. The molecule has 0 saturated carbocycles. The number of hydrogen-bond acceptors (Lipinski definition) is 2. The Morgan fingerprint density at radius 3 is 2.56 bits per heavy atom. The maximum Gasteiger partial charge on any atom is 0.161 e. The van der Waals surface area contributed by atoms with E-state index in [9.17, 15) is 0 Å². The van der Waals surface area contributed by atoms with Gasteiger partial charge in [-0.25, -0.2) is 0 Å². The predicted molar refractivity (Wildman–Crippen MR) is 38.7 cm³/mol. The van der Waals surface area contributed by atoms with Gasteiger partial charge in [-0.05, 0) is 0 Å². The molecule has 0 aliphatic carbocycles. The molecule has 0 spiro atoms. The van der Waals surface area contributed by atoms with Crippen LogP contribution in [0.5, 0.6) is 0 Å². The Morgan fingerprint density at radius 2 is 2.11 bits per heavy atom. The van der Waals surface area contributed by atoms with Gasteiger partial charge in [0.2, 0.25) is 0 Å². The van der Waals surface area contributed by atoms with E-state index in [1.807, 2.05) is 0 Å². The second-order valence-electron chi connectivity index (χ2n) is 2.24. The van der Waals surface area contributed by atoms with Gasteiger partial charge in [0.25, 0.3) is 0 Å². The Morgan fingerprint density at radius 1 is 1.56 bits per heavy atom. The van der Waals surface area contributed by atoms with Crippen LogP contribution in [-0.4, -0.2) is 24.8 Å². The number of rotatable bonds is 2. The fourth-order valence-corrected chi connectivity index (χ4v) is 1.08. The van der Waals surface area contributed by atoms with E-state index in [0.29, 0.717) is 5.92 Å². The highest BCUT2D eigenvalue weighted by atomic mass is 79.9. The minimum absolute atomic E-state index is 0.0318. The van der Waals surface area contributed by atoms with Gasteiger partial charge in [0.05, 0.1) is 13.2 Å². The van der Waals surface area contributed by atoms with Crippen LogP contribution in [0, 0.1) is 5.92 Å². The molecule has 1 saturated heterocycles. The zero-order valence-corrected chi connectivity index (χ0v) is 7.06. The van der Waals surface area contributed by atoms with E-state index in [1.165, 1.54) is 0 Å². The van der Waals surface area contributed by atoms with E-state index < -0.39 is 0 Å². The van der Waals surface area contributed by atoms with Crippen molar-refractivity contribution in [3.8, 4) is 0 Å². The monoisotopic (exact) mass is 194 g/mol. The van der Waals surface area contributed by atoms with E-state index in [1.54, 1.807) is 0 Å². The minimum atomic E-state index is 0.0318. The normalized spacial score (nSPS) is 24.7. The Kier molecular flexibility index (Phi) is 2.95. The van der Waals surface area contributed by atoms with Crippen molar-refractivity contribution in [3.05, 3.63) is 0 Å². The Bertz CT molecular complexity index is 81.1. The van der Waals surface area contributed by atoms with Crippen LogP contribution in [0.25, 0.3) is 0 Å². The molecule has 3 heteroatoms. The van der Waals surface area contributed by atoms with Gasteiger partial charge in [-0.3, -0.25) is 0 Å². The summed E-state index contributed by atoms with van der Waals surface area (Å²) in [6, 6.07) is 0. The number of alkyl halides is 1. The average Bonchev–Trinajstić information content (AvgIpc) is 2.37. The van der Waals surface area contributed by atoms with E-state index in [-0.39, 0.29) is 6.29 Å². The van der Waals surface area contributed by atoms with Crippen LogP contribution in [0.15, 0.2) is 0 Å². The van der Waals surface area contributed by atoms with Crippen LogP contribution in [0.2, 0.25) is 0 Å². The zero-order chi connectivity index (χ0) is 6.69. The fraction of sp³-hybridized carbons (Fsp3) is 1.00. The molecule has 0 aromatic heterocycles. The highest BCUT2D eigenvalue weighted by molar-refractivity contribution is 9.09. The van der Waals surface area contributed by atoms with E-state index in [4.69, 9.17) is 9.47 Å². The molecular weight excluding hydrogens is 184 g/mol. The molecule has 1 rings (SSSR count). The Hall–Kier alpha value is 0.400. The third-order valence-electron chi connectivity index (χ3n) is 1.36. The molecular formula is C6H11BrO2. The standard InChI is InChI=1S/C6H11BrO2/c1-5(4-7)6-8-2-3-9-6/h5-6H,2-4H2,1H3/t5-/m1/s1. The van der Waals surface area contributed by atoms with E-state index in [0.717, 1.165) is 18.5 Å². The molecule has 0 unspecified atom stereocenters. The van der Waals surface area contributed by atoms with Crippen molar-refractivity contribution >= 4 is 15.9 Å². The van der Waals surface area contributed by atoms with Crippen molar-refractivity contribution in [2.45, 2.75) is 13.2 Å². The summed E-state index contributed by atoms with van der Waals surface area (Å²) in [6.45, 7) is 3.61. The minimum Gasteiger partial charge on any atom is -0.350 e. The summed E-state index contributed by atoms with van der Waals surface area (Å²) >= 11 is 3.36. The third-order valence-corrected chi connectivity index (χ3v) is 2.38. The molecule has 0 bridgehead atoms. The summed E-state index contributed by atoms with van der Waals surface area (Å²) in [5, 5.41) is 0.942. The van der Waals surface area contributed by atoms with Crippen molar-refractivity contribution in [1.82, 2.24) is 0 Å². The number of hydrogen-bond donors (Lipinski definition) is 0. The molecule has 0 N–H and O–H groups in total. The maximum absolute atomic E-state index is 5.25. The van der Waals surface area contributed by atoms with Crippen LogP contribution < -0.4 is 0 Å². The predicted octanol–water partition coefficient (Wildman–Crippen LogP) is 1.39. The van der Waals surface area contributed by atoms with Gasteiger partial charge in [-0.1, -0.05) is 22.9 Å². The second-order valence-corrected chi connectivity index (χ2v) is 2.89. The van der Waals surface area contributed by atoms with E-state index in [2.05, 4.69) is 22.9 Å². The van der Waals surface area contributed by atoms with Crippen molar-refractivity contribution in [1.29, 1.82) is 0 Å². The topological polar surface area (TPSA) is 18.5 Å². The van der Waals surface area contributed by atoms with Crippen LogP contribution in [0.4, 0.5) is 0 Å². The molecule has 1 fully saturated rings. The summed E-state index contributed by atoms with van der Waals surface area (Å²) < 4.78 is 10.5. The fourth-order valence-electron chi connectivity index (χ4n) is 0.778. The van der Waals surface area contributed by atoms with Gasteiger partial charge in [0.1, 0.15) is 0 Å².